The van der Waals surface area contributed by atoms with Gasteiger partial charge in [-0.25, -0.2) is 0 Å². The Morgan fingerprint density at radius 1 is 0.867 bits per heavy atom. The van der Waals surface area contributed by atoms with Gasteiger partial charge < -0.3 is 0 Å². The van der Waals surface area contributed by atoms with E-state index in [2.05, 4.69) is 24.8 Å². The van der Waals surface area contributed by atoms with Crippen molar-refractivity contribution in [2.75, 3.05) is 5.75 Å². The standard InChI is InChI=1S/C13H19ClS/c14-13-9-7-12(8-10-13)6-4-2-1-3-5-11-15/h7-10,15H,1-6,11H2. The Labute approximate surface area is 103 Å². The van der Waals surface area contributed by atoms with Crippen LogP contribution in [0.2, 0.25) is 5.02 Å². The molecule has 0 unspecified atom stereocenters. The molecule has 0 aliphatic rings. The van der Waals surface area contributed by atoms with E-state index in [1.807, 2.05) is 12.1 Å². The Hall–Kier alpha value is -0.140. The number of aryl methyl sites for hydroxylation is 1. The SMILES string of the molecule is SCCCCCCCc1ccc(Cl)cc1. The Balaban J connectivity index is 2.07. The second-order valence-corrected chi connectivity index (χ2v) is 4.75. The maximum Gasteiger partial charge on any atom is 0.0406 e. The van der Waals surface area contributed by atoms with Gasteiger partial charge in [0.15, 0.2) is 0 Å². The van der Waals surface area contributed by atoms with E-state index in [1.54, 1.807) is 0 Å². The Morgan fingerprint density at radius 2 is 1.47 bits per heavy atom. The van der Waals surface area contributed by atoms with Crippen molar-refractivity contribution in [2.45, 2.75) is 38.5 Å². The maximum absolute atomic E-state index is 5.82. The molecule has 1 aromatic rings. The second-order valence-electron chi connectivity index (χ2n) is 3.87. The van der Waals surface area contributed by atoms with Gasteiger partial charge in [-0.1, -0.05) is 43.0 Å². The molecule has 0 atom stereocenters. The highest BCUT2D eigenvalue weighted by atomic mass is 35.5. The monoisotopic (exact) mass is 242 g/mol. The number of hydrogen-bond donors (Lipinski definition) is 1. The van der Waals surface area contributed by atoms with Gasteiger partial charge >= 0.3 is 0 Å². The maximum atomic E-state index is 5.82. The van der Waals surface area contributed by atoms with E-state index < -0.39 is 0 Å². The van der Waals surface area contributed by atoms with Crippen LogP contribution in [0.1, 0.15) is 37.7 Å². The van der Waals surface area contributed by atoms with Gasteiger partial charge in [-0.3, -0.25) is 0 Å². The third kappa shape index (κ3) is 6.11. The summed E-state index contributed by atoms with van der Waals surface area (Å²) in [6, 6.07) is 8.18. The van der Waals surface area contributed by atoms with Crippen molar-refractivity contribution in [2.24, 2.45) is 0 Å². The van der Waals surface area contributed by atoms with Gasteiger partial charge in [-0.15, -0.1) is 0 Å². The van der Waals surface area contributed by atoms with Gasteiger partial charge in [0.1, 0.15) is 0 Å². The summed E-state index contributed by atoms with van der Waals surface area (Å²) in [6.07, 6.45) is 7.71. The fraction of sp³-hybridized carbons (Fsp3) is 0.538. The average Bonchev–Trinajstić information content (AvgIpc) is 2.26. The summed E-state index contributed by atoms with van der Waals surface area (Å²) in [6.45, 7) is 0. The zero-order valence-electron chi connectivity index (χ0n) is 9.08. The van der Waals surface area contributed by atoms with Crippen LogP contribution in [-0.4, -0.2) is 5.75 Å². The third-order valence-electron chi connectivity index (χ3n) is 2.54. The summed E-state index contributed by atoms with van der Waals surface area (Å²) in [5.41, 5.74) is 1.40. The van der Waals surface area contributed by atoms with Crippen molar-refractivity contribution >= 4 is 24.2 Å². The van der Waals surface area contributed by atoms with Crippen molar-refractivity contribution in [3.8, 4) is 0 Å². The number of halogens is 1. The molecular weight excluding hydrogens is 224 g/mol. The number of hydrogen-bond acceptors (Lipinski definition) is 1. The van der Waals surface area contributed by atoms with Crippen molar-refractivity contribution in [3.63, 3.8) is 0 Å². The topological polar surface area (TPSA) is 0 Å². The van der Waals surface area contributed by atoms with Crippen LogP contribution < -0.4 is 0 Å². The van der Waals surface area contributed by atoms with Gasteiger partial charge in [0.05, 0.1) is 0 Å². The van der Waals surface area contributed by atoms with Crippen LogP contribution in [0.25, 0.3) is 0 Å². The Bertz CT molecular complexity index is 256. The minimum atomic E-state index is 0.826. The molecular formula is C13H19ClS. The molecule has 1 rings (SSSR count). The van der Waals surface area contributed by atoms with E-state index in [4.69, 9.17) is 11.6 Å². The molecule has 0 bridgehead atoms. The van der Waals surface area contributed by atoms with E-state index in [0.29, 0.717) is 0 Å². The van der Waals surface area contributed by atoms with E-state index in [1.165, 1.54) is 44.1 Å². The van der Waals surface area contributed by atoms with E-state index in [0.717, 1.165) is 10.8 Å². The van der Waals surface area contributed by atoms with Crippen molar-refractivity contribution < 1.29 is 0 Å². The van der Waals surface area contributed by atoms with Crippen LogP contribution in [0.3, 0.4) is 0 Å². The first-order valence-corrected chi connectivity index (χ1v) is 6.69. The van der Waals surface area contributed by atoms with E-state index in [-0.39, 0.29) is 0 Å². The van der Waals surface area contributed by atoms with Crippen molar-refractivity contribution in [3.05, 3.63) is 34.9 Å². The number of unbranched alkanes of at least 4 members (excludes halogenated alkanes) is 4. The quantitative estimate of drug-likeness (QED) is 0.517. The minimum Gasteiger partial charge on any atom is -0.179 e. The highest BCUT2D eigenvalue weighted by Gasteiger charge is 1.94. The lowest BCUT2D eigenvalue weighted by Crippen LogP contribution is -1.86. The molecule has 0 saturated carbocycles. The molecule has 0 aliphatic heterocycles. The van der Waals surface area contributed by atoms with Gasteiger partial charge in [0.2, 0.25) is 0 Å². The predicted molar refractivity (Wildman–Crippen MR) is 72.1 cm³/mol. The lowest BCUT2D eigenvalue weighted by Gasteiger charge is -2.01. The predicted octanol–water partition coefficient (Wildman–Crippen LogP) is 4.76. The molecule has 2 heteroatoms. The molecule has 0 heterocycles. The van der Waals surface area contributed by atoms with Crippen LogP contribution in [0.4, 0.5) is 0 Å². The lowest BCUT2D eigenvalue weighted by molar-refractivity contribution is 0.635. The van der Waals surface area contributed by atoms with Gasteiger partial charge in [0.25, 0.3) is 0 Å². The lowest BCUT2D eigenvalue weighted by atomic mass is 10.1. The molecule has 0 radical (unpaired) electrons. The molecule has 0 aliphatic carbocycles. The summed E-state index contributed by atoms with van der Waals surface area (Å²) < 4.78 is 0. The van der Waals surface area contributed by atoms with Crippen LogP contribution in [0, 0.1) is 0 Å². The van der Waals surface area contributed by atoms with Crippen LogP contribution in [0.5, 0.6) is 0 Å². The summed E-state index contributed by atoms with van der Waals surface area (Å²) in [5.74, 6) is 1.02. The van der Waals surface area contributed by atoms with E-state index in [9.17, 15) is 0 Å². The van der Waals surface area contributed by atoms with E-state index >= 15 is 0 Å². The van der Waals surface area contributed by atoms with Crippen LogP contribution >= 0.6 is 24.2 Å². The van der Waals surface area contributed by atoms with Crippen molar-refractivity contribution in [1.82, 2.24) is 0 Å². The first kappa shape index (κ1) is 12.9. The Morgan fingerprint density at radius 3 is 2.13 bits per heavy atom. The first-order valence-electron chi connectivity index (χ1n) is 5.68. The fourth-order valence-electron chi connectivity index (χ4n) is 1.62. The van der Waals surface area contributed by atoms with Crippen LogP contribution in [-0.2, 0) is 6.42 Å². The number of rotatable bonds is 7. The van der Waals surface area contributed by atoms with Crippen LogP contribution in [0.15, 0.2) is 24.3 Å². The Kier molecular flexibility index (Phi) is 6.95. The molecule has 0 aromatic heterocycles. The molecule has 84 valence electrons. The second kappa shape index (κ2) is 8.06. The number of benzene rings is 1. The molecule has 15 heavy (non-hydrogen) atoms. The van der Waals surface area contributed by atoms with Gasteiger partial charge in [-0.05, 0) is 42.7 Å². The molecule has 0 saturated heterocycles. The molecule has 0 spiro atoms. The molecule has 0 nitrogen and oxygen atoms in total. The fourth-order valence-corrected chi connectivity index (χ4v) is 1.97. The third-order valence-corrected chi connectivity index (χ3v) is 3.11. The normalized spacial score (nSPS) is 10.5. The largest absolute Gasteiger partial charge is 0.179 e. The molecule has 0 amide bonds. The van der Waals surface area contributed by atoms with Gasteiger partial charge in [0, 0.05) is 5.02 Å². The zero-order chi connectivity index (χ0) is 10.9. The highest BCUT2D eigenvalue weighted by molar-refractivity contribution is 7.80. The summed E-state index contributed by atoms with van der Waals surface area (Å²) >= 11 is 10.0. The van der Waals surface area contributed by atoms with Gasteiger partial charge in [-0.2, -0.15) is 12.6 Å². The summed E-state index contributed by atoms with van der Waals surface area (Å²) in [4.78, 5) is 0. The molecule has 1 aromatic carbocycles. The zero-order valence-corrected chi connectivity index (χ0v) is 10.7. The minimum absolute atomic E-state index is 0.826. The smallest absolute Gasteiger partial charge is 0.0406 e. The molecule has 0 N–H and O–H groups in total. The first-order chi connectivity index (χ1) is 7.33. The van der Waals surface area contributed by atoms with Crippen molar-refractivity contribution in [1.29, 1.82) is 0 Å². The summed E-state index contributed by atoms with van der Waals surface area (Å²) in [5, 5.41) is 0.826. The highest BCUT2D eigenvalue weighted by Crippen LogP contribution is 2.13. The summed E-state index contributed by atoms with van der Waals surface area (Å²) in [7, 11) is 0. The molecule has 0 fully saturated rings. The average molecular weight is 243 g/mol. The number of thiol groups is 1.